The number of benzene rings is 2. The molecular formula is C21H24N2O6S. The Morgan fingerprint density at radius 1 is 1.07 bits per heavy atom. The minimum absolute atomic E-state index is 0.201. The Morgan fingerprint density at radius 2 is 1.80 bits per heavy atom. The molecule has 0 radical (unpaired) electrons. The monoisotopic (exact) mass is 432 g/mol. The van der Waals surface area contributed by atoms with Gasteiger partial charge in [-0.1, -0.05) is 0 Å². The Hall–Kier alpha value is -2.78. The molecule has 4 rings (SSSR count). The molecule has 0 bridgehead atoms. The lowest BCUT2D eigenvalue weighted by atomic mass is 10.2. The predicted molar refractivity (Wildman–Crippen MR) is 111 cm³/mol. The Labute approximate surface area is 175 Å². The molecule has 0 atom stereocenters. The third-order valence-corrected chi connectivity index (χ3v) is 6.93. The first-order valence-corrected chi connectivity index (χ1v) is 11.3. The van der Waals surface area contributed by atoms with E-state index in [9.17, 15) is 13.2 Å². The Kier molecular flexibility index (Phi) is 5.83. The number of amides is 1. The molecule has 9 heteroatoms. The molecule has 30 heavy (non-hydrogen) atoms. The van der Waals surface area contributed by atoms with Crippen molar-refractivity contribution >= 4 is 21.6 Å². The van der Waals surface area contributed by atoms with E-state index < -0.39 is 10.0 Å². The van der Waals surface area contributed by atoms with Crippen LogP contribution in [0.1, 0.15) is 18.4 Å². The highest BCUT2D eigenvalue weighted by atomic mass is 32.2. The lowest BCUT2D eigenvalue weighted by molar-refractivity contribution is -0.118. The second-order valence-electron chi connectivity index (χ2n) is 7.23. The zero-order valence-corrected chi connectivity index (χ0v) is 17.5. The van der Waals surface area contributed by atoms with Crippen LogP contribution in [0, 0.1) is 6.92 Å². The van der Waals surface area contributed by atoms with Gasteiger partial charge >= 0.3 is 0 Å². The van der Waals surface area contributed by atoms with Crippen LogP contribution >= 0.6 is 0 Å². The van der Waals surface area contributed by atoms with Crippen molar-refractivity contribution in [2.24, 2.45) is 0 Å². The molecular weight excluding hydrogens is 408 g/mol. The van der Waals surface area contributed by atoms with Gasteiger partial charge in [-0.05, 0) is 55.7 Å². The number of sulfonamides is 1. The summed E-state index contributed by atoms with van der Waals surface area (Å²) in [4.78, 5) is 12.5. The molecule has 0 unspecified atom stereocenters. The summed E-state index contributed by atoms with van der Waals surface area (Å²) in [6.07, 6.45) is 1.77. The zero-order valence-electron chi connectivity index (χ0n) is 16.7. The summed E-state index contributed by atoms with van der Waals surface area (Å²) in [6, 6.07) is 9.88. The van der Waals surface area contributed by atoms with E-state index in [2.05, 4.69) is 5.32 Å². The van der Waals surface area contributed by atoms with E-state index in [4.69, 9.17) is 14.2 Å². The van der Waals surface area contributed by atoms with Gasteiger partial charge in [0.2, 0.25) is 10.0 Å². The maximum absolute atomic E-state index is 12.7. The largest absolute Gasteiger partial charge is 0.486 e. The fourth-order valence-electron chi connectivity index (χ4n) is 3.48. The van der Waals surface area contributed by atoms with Crippen LogP contribution in [0.2, 0.25) is 0 Å². The molecule has 0 saturated carbocycles. The first-order chi connectivity index (χ1) is 14.4. The van der Waals surface area contributed by atoms with Crippen LogP contribution in [0.5, 0.6) is 17.2 Å². The third kappa shape index (κ3) is 4.36. The first-order valence-electron chi connectivity index (χ1n) is 9.86. The molecule has 160 valence electrons. The zero-order chi connectivity index (χ0) is 21.1. The summed E-state index contributed by atoms with van der Waals surface area (Å²) in [6.45, 7) is 3.64. The highest BCUT2D eigenvalue weighted by molar-refractivity contribution is 7.89. The SMILES string of the molecule is Cc1cc(S(=O)(=O)N2CCCC2)ccc1OCC(=O)Nc1ccc2c(c1)OCCO2. The number of rotatable bonds is 6. The smallest absolute Gasteiger partial charge is 0.262 e. The minimum atomic E-state index is -3.48. The van der Waals surface area contributed by atoms with E-state index in [-0.39, 0.29) is 17.4 Å². The van der Waals surface area contributed by atoms with Crippen molar-refractivity contribution in [3.05, 3.63) is 42.0 Å². The fraction of sp³-hybridized carbons (Fsp3) is 0.381. The van der Waals surface area contributed by atoms with Gasteiger partial charge in [-0.3, -0.25) is 4.79 Å². The summed E-state index contributed by atoms with van der Waals surface area (Å²) >= 11 is 0. The van der Waals surface area contributed by atoms with Crippen LogP contribution in [0.25, 0.3) is 0 Å². The lowest BCUT2D eigenvalue weighted by Gasteiger charge is -2.19. The minimum Gasteiger partial charge on any atom is -0.486 e. The number of carbonyl (C=O) groups excluding carboxylic acids is 1. The third-order valence-electron chi connectivity index (χ3n) is 5.03. The van der Waals surface area contributed by atoms with Crippen LogP contribution in [-0.4, -0.2) is 51.5 Å². The summed E-state index contributed by atoms with van der Waals surface area (Å²) in [5, 5.41) is 2.75. The fourth-order valence-corrected chi connectivity index (χ4v) is 5.09. The van der Waals surface area contributed by atoms with E-state index in [0.29, 0.717) is 54.8 Å². The maximum Gasteiger partial charge on any atom is 0.262 e. The Morgan fingerprint density at radius 3 is 2.53 bits per heavy atom. The van der Waals surface area contributed by atoms with Gasteiger partial charge in [-0.15, -0.1) is 0 Å². The molecule has 1 fully saturated rings. The molecule has 1 saturated heterocycles. The number of hydrogen-bond acceptors (Lipinski definition) is 6. The summed E-state index contributed by atoms with van der Waals surface area (Å²) < 4.78 is 43.4. The maximum atomic E-state index is 12.7. The summed E-state index contributed by atoms with van der Waals surface area (Å²) in [5.41, 5.74) is 1.24. The van der Waals surface area contributed by atoms with Crippen molar-refractivity contribution < 1.29 is 27.4 Å². The van der Waals surface area contributed by atoms with E-state index >= 15 is 0 Å². The van der Waals surface area contributed by atoms with E-state index in [0.717, 1.165) is 12.8 Å². The van der Waals surface area contributed by atoms with Gasteiger partial charge in [0, 0.05) is 24.8 Å². The van der Waals surface area contributed by atoms with E-state index in [1.807, 2.05) is 0 Å². The average molecular weight is 432 g/mol. The topological polar surface area (TPSA) is 94.2 Å². The van der Waals surface area contributed by atoms with Crippen LogP contribution in [0.15, 0.2) is 41.3 Å². The molecule has 0 spiro atoms. The van der Waals surface area contributed by atoms with Crippen molar-refractivity contribution in [2.45, 2.75) is 24.7 Å². The second kappa shape index (κ2) is 8.53. The number of ether oxygens (including phenoxy) is 3. The molecule has 2 heterocycles. The number of nitrogens with one attached hydrogen (secondary N) is 1. The van der Waals surface area contributed by atoms with Crippen molar-refractivity contribution in [1.82, 2.24) is 4.31 Å². The van der Waals surface area contributed by atoms with Gasteiger partial charge in [0.15, 0.2) is 18.1 Å². The Balaban J connectivity index is 1.37. The summed E-state index contributed by atoms with van der Waals surface area (Å²) in [7, 11) is -3.48. The second-order valence-corrected chi connectivity index (χ2v) is 9.17. The lowest BCUT2D eigenvalue weighted by Crippen LogP contribution is -2.27. The predicted octanol–water partition coefficient (Wildman–Crippen LogP) is 2.57. The number of aryl methyl sites for hydroxylation is 1. The average Bonchev–Trinajstić information content (AvgIpc) is 3.28. The number of hydrogen-bond donors (Lipinski definition) is 1. The number of anilines is 1. The van der Waals surface area contributed by atoms with E-state index in [1.165, 1.54) is 10.4 Å². The Bertz CT molecular complexity index is 1050. The van der Waals surface area contributed by atoms with Crippen molar-refractivity contribution in [3.63, 3.8) is 0 Å². The van der Waals surface area contributed by atoms with Crippen molar-refractivity contribution in [2.75, 3.05) is 38.2 Å². The molecule has 0 aromatic heterocycles. The molecule has 1 N–H and O–H groups in total. The standard InChI is InChI=1S/C21H24N2O6S/c1-15-12-17(30(25,26)23-8-2-3-9-23)5-7-18(15)29-14-21(24)22-16-4-6-19-20(13-16)28-11-10-27-19/h4-7,12-13H,2-3,8-11,14H2,1H3,(H,22,24). The first kappa shape index (κ1) is 20.5. The molecule has 2 aliphatic rings. The van der Waals surface area contributed by atoms with E-state index in [1.54, 1.807) is 37.3 Å². The van der Waals surface area contributed by atoms with Gasteiger partial charge in [0.1, 0.15) is 19.0 Å². The number of fused-ring (bicyclic) bond motifs is 1. The van der Waals surface area contributed by atoms with Gasteiger partial charge < -0.3 is 19.5 Å². The highest BCUT2D eigenvalue weighted by Gasteiger charge is 2.27. The van der Waals surface area contributed by atoms with Gasteiger partial charge in [0.25, 0.3) is 5.91 Å². The number of carbonyl (C=O) groups is 1. The quantitative estimate of drug-likeness (QED) is 0.754. The molecule has 8 nitrogen and oxygen atoms in total. The molecule has 2 aliphatic heterocycles. The van der Waals surface area contributed by atoms with Crippen LogP contribution in [0.3, 0.4) is 0 Å². The van der Waals surface area contributed by atoms with Crippen molar-refractivity contribution in [1.29, 1.82) is 0 Å². The molecule has 2 aromatic rings. The van der Waals surface area contributed by atoms with Crippen molar-refractivity contribution in [3.8, 4) is 17.2 Å². The molecule has 0 aliphatic carbocycles. The molecule has 2 aromatic carbocycles. The van der Waals surface area contributed by atoms with Crippen LogP contribution in [0.4, 0.5) is 5.69 Å². The highest BCUT2D eigenvalue weighted by Crippen LogP contribution is 2.32. The summed E-state index contributed by atoms with van der Waals surface area (Å²) in [5.74, 6) is 1.37. The van der Waals surface area contributed by atoms with Gasteiger partial charge in [-0.25, -0.2) is 8.42 Å². The molecule has 1 amide bonds. The van der Waals surface area contributed by atoms with Gasteiger partial charge in [0.05, 0.1) is 4.90 Å². The van der Waals surface area contributed by atoms with Crippen LogP contribution in [-0.2, 0) is 14.8 Å². The van der Waals surface area contributed by atoms with Crippen LogP contribution < -0.4 is 19.5 Å². The van der Waals surface area contributed by atoms with Gasteiger partial charge in [-0.2, -0.15) is 4.31 Å². The normalized spacial score (nSPS) is 16.3. The number of nitrogens with zero attached hydrogens (tertiary/aromatic N) is 1.